The van der Waals surface area contributed by atoms with Crippen molar-refractivity contribution in [2.45, 2.75) is 25.4 Å². The van der Waals surface area contributed by atoms with E-state index in [0.717, 1.165) is 30.7 Å². The van der Waals surface area contributed by atoms with Gasteiger partial charge >= 0.3 is 0 Å². The van der Waals surface area contributed by atoms with Gasteiger partial charge < -0.3 is 19.7 Å². The van der Waals surface area contributed by atoms with Crippen LogP contribution in [0.1, 0.15) is 25.6 Å². The van der Waals surface area contributed by atoms with E-state index in [0.29, 0.717) is 18.3 Å². The van der Waals surface area contributed by atoms with E-state index >= 15 is 0 Å². The number of anilines is 1. The summed E-state index contributed by atoms with van der Waals surface area (Å²) in [4.78, 5) is 4.46. The van der Waals surface area contributed by atoms with Crippen LogP contribution in [0.2, 0.25) is 0 Å². The standard InChI is InChI=1S/C15H19N3O3/c1-15(7-2-10-20-15)14-17-13(21-18-14)11-3-5-12(6-4-11)16-8-9-19/h3-6,16,19H,2,7-10H2,1H3. The molecule has 1 aliphatic rings. The molecule has 0 saturated carbocycles. The lowest BCUT2D eigenvalue weighted by atomic mass is 10.0. The summed E-state index contributed by atoms with van der Waals surface area (Å²) in [5.41, 5.74) is 1.38. The van der Waals surface area contributed by atoms with Gasteiger partial charge in [0.05, 0.1) is 6.61 Å². The molecule has 6 nitrogen and oxygen atoms in total. The average molecular weight is 289 g/mol. The molecule has 3 rings (SSSR count). The second-order valence-corrected chi connectivity index (χ2v) is 5.33. The quantitative estimate of drug-likeness (QED) is 0.878. The summed E-state index contributed by atoms with van der Waals surface area (Å²) >= 11 is 0. The van der Waals surface area contributed by atoms with E-state index in [1.54, 1.807) is 0 Å². The van der Waals surface area contributed by atoms with Gasteiger partial charge in [-0.05, 0) is 44.0 Å². The summed E-state index contributed by atoms with van der Waals surface area (Å²) in [7, 11) is 0. The summed E-state index contributed by atoms with van der Waals surface area (Å²) in [6.07, 6.45) is 1.93. The van der Waals surface area contributed by atoms with Crippen molar-refractivity contribution < 1.29 is 14.4 Å². The van der Waals surface area contributed by atoms with E-state index in [9.17, 15) is 0 Å². The van der Waals surface area contributed by atoms with Crippen molar-refractivity contribution in [3.63, 3.8) is 0 Å². The van der Waals surface area contributed by atoms with Crippen molar-refractivity contribution in [3.05, 3.63) is 30.1 Å². The smallest absolute Gasteiger partial charge is 0.258 e. The van der Waals surface area contributed by atoms with Gasteiger partial charge in [-0.1, -0.05) is 5.16 Å². The van der Waals surface area contributed by atoms with Crippen LogP contribution in [-0.2, 0) is 10.3 Å². The third-order valence-electron chi connectivity index (χ3n) is 3.69. The van der Waals surface area contributed by atoms with Gasteiger partial charge in [0, 0.05) is 24.4 Å². The first-order chi connectivity index (χ1) is 10.2. The summed E-state index contributed by atoms with van der Waals surface area (Å²) in [5.74, 6) is 1.10. The molecule has 1 fully saturated rings. The van der Waals surface area contributed by atoms with Gasteiger partial charge in [0.25, 0.3) is 5.89 Å². The highest BCUT2D eigenvalue weighted by Gasteiger charge is 2.36. The number of benzene rings is 1. The van der Waals surface area contributed by atoms with E-state index in [1.807, 2.05) is 31.2 Å². The van der Waals surface area contributed by atoms with Crippen molar-refractivity contribution >= 4 is 5.69 Å². The Morgan fingerprint density at radius 3 is 2.81 bits per heavy atom. The first-order valence-corrected chi connectivity index (χ1v) is 7.15. The molecule has 2 N–H and O–H groups in total. The number of aliphatic hydroxyl groups excluding tert-OH is 1. The van der Waals surface area contributed by atoms with Crippen molar-refractivity contribution in [1.82, 2.24) is 10.1 Å². The highest BCUT2D eigenvalue weighted by atomic mass is 16.5. The molecule has 1 atom stereocenters. The Morgan fingerprint density at radius 2 is 2.14 bits per heavy atom. The number of hydrogen-bond donors (Lipinski definition) is 2. The molecule has 112 valence electrons. The van der Waals surface area contributed by atoms with E-state index in [1.165, 1.54) is 0 Å². The average Bonchev–Trinajstić information content (AvgIpc) is 3.15. The molecule has 0 aliphatic carbocycles. The number of nitrogens with one attached hydrogen (secondary N) is 1. The first kappa shape index (κ1) is 14.0. The zero-order chi connectivity index (χ0) is 14.7. The Hall–Kier alpha value is -1.92. The molecule has 1 unspecified atom stereocenters. The number of rotatable bonds is 5. The highest BCUT2D eigenvalue weighted by molar-refractivity contribution is 5.58. The van der Waals surface area contributed by atoms with E-state index in [4.69, 9.17) is 14.4 Å². The van der Waals surface area contributed by atoms with Gasteiger partial charge in [-0.15, -0.1) is 0 Å². The van der Waals surface area contributed by atoms with E-state index < -0.39 is 5.60 Å². The molecule has 21 heavy (non-hydrogen) atoms. The van der Waals surface area contributed by atoms with Crippen LogP contribution >= 0.6 is 0 Å². The highest BCUT2D eigenvalue weighted by Crippen LogP contribution is 2.34. The maximum atomic E-state index is 8.78. The molecule has 2 aromatic rings. The van der Waals surface area contributed by atoms with Crippen LogP contribution in [0.4, 0.5) is 5.69 Å². The van der Waals surface area contributed by atoms with Crippen molar-refractivity contribution in [2.24, 2.45) is 0 Å². The van der Waals surface area contributed by atoms with Gasteiger partial charge in [0.15, 0.2) is 0 Å². The van der Waals surface area contributed by atoms with Crippen LogP contribution in [0, 0.1) is 0 Å². The normalized spacial score (nSPS) is 21.6. The molecule has 1 aromatic heterocycles. The van der Waals surface area contributed by atoms with Crippen LogP contribution in [-0.4, -0.2) is 35.0 Å². The van der Waals surface area contributed by atoms with Gasteiger partial charge in [-0.25, -0.2) is 0 Å². The topological polar surface area (TPSA) is 80.4 Å². The Balaban J connectivity index is 1.76. The van der Waals surface area contributed by atoms with Gasteiger partial charge in [0.1, 0.15) is 5.60 Å². The Morgan fingerprint density at radius 1 is 1.33 bits per heavy atom. The zero-order valence-corrected chi connectivity index (χ0v) is 12.0. The number of aromatic nitrogens is 2. The van der Waals surface area contributed by atoms with Crippen LogP contribution in [0.25, 0.3) is 11.5 Å². The SMILES string of the molecule is CC1(c2noc(-c3ccc(NCCO)cc3)n2)CCCO1. The minimum atomic E-state index is -0.426. The predicted octanol–water partition coefficient (Wildman–Crippen LogP) is 2.17. The molecule has 1 aromatic carbocycles. The van der Waals surface area contributed by atoms with Crippen LogP contribution in [0.3, 0.4) is 0 Å². The number of aliphatic hydroxyl groups is 1. The minimum Gasteiger partial charge on any atom is -0.395 e. The number of hydrogen-bond acceptors (Lipinski definition) is 6. The molecular weight excluding hydrogens is 270 g/mol. The van der Waals surface area contributed by atoms with Gasteiger partial charge in [0.2, 0.25) is 5.82 Å². The Kier molecular flexibility index (Phi) is 3.90. The summed E-state index contributed by atoms with van der Waals surface area (Å²) in [5, 5.41) is 15.9. The molecule has 0 spiro atoms. The lowest BCUT2D eigenvalue weighted by molar-refractivity contribution is 0.00768. The fourth-order valence-corrected chi connectivity index (χ4v) is 2.44. The maximum absolute atomic E-state index is 8.78. The number of ether oxygens (including phenoxy) is 1. The zero-order valence-electron chi connectivity index (χ0n) is 12.0. The predicted molar refractivity (Wildman–Crippen MR) is 77.8 cm³/mol. The van der Waals surface area contributed by atoms with Crippen molar-refractivity contribution in [2.75, 3.05) is 25.1 Å². The van der Waals surface area contributed by atoms with Crippen molar-refractivity contribution in [1.29, 1.82) is 0 Å². The second-order valence-electron chi connectivity index (χ2n) is 5.33. The molecule has 0 radical (unpaired) electrons. The largest absolute Gasteiger partial charge is 0.395 e. The fourth-order valence-electron chi connectivity index (χ4n) is 2.44. The maximum Gasteiger partial charge on any atom is 0.258 e. The monoisotopic (exact) mass is 289 g/mol. The summed E-state index contributed by atoms with van der Waals surface area (Å²) in [6, 6.07) is 7.66. The molecule has 6 heteroatoms. The summed E-state index contributed by atoms with van der Waals surface area (Å²) in [6.45, 7) is 3.37. The van der Waals surface area contributed by atoms with Gasteiger partial charge in [-0.2, -0.15) is 4.98 Å². The lowest BCUT2D eigenvalue weighted by Crippen LogP contribution is -2.21. The van der Waals surface area contributed by atoms with Crippen LogP contribution in [0.5, 0.6) is 0 Å². The number of nitrogens with zero attached hydrogens (tertiary/aromatic N) is 2. The van der Waals surface area contributed by atoms with E-state index in [-0.39, 0.29) is 6.61 Å². The second kappa shape index (κ2) is 5.83. The van der Waals surface area contributed by atoms with Crippen molar-refractivity contribution in [3.8, 4) is 11.5 Å². The minimum absolute atomic E-state index is 0.105. The summed E-state index contributed by atoms with van der Waals surface area (Å²) < 4.78 is 11.1. The molecule has 1 saturated heterocycles. The first-order valence-electron chi connectivity index (χ1n) is 7.15. The molecular formula is C15H19N3O3. The Bertz CT molecular complexity index is 588. The third kappa shape index (κ3) is 2.91. The lowest BCUT2D eigenvalue weighted by Gasteiger charge is -2.17. The fraction of sp³-hybridized carbons (Fsp3) is 0.467. The van der Waals surface area contributed by atoms with E-state index in [2.05, 4.69) is 15.5 Å². The molecule has 0 amide bonds. The molecule has 1 aliphatic heterocycles. The third-order valence-corrected chi connectivity index (χ3v) is 3.69. The van der Waals surface area contributed by atoms with Gasteiger partial charge in [-0.3, -0.25) is 0 Å². The van der Waals surface area contributed by atoms with Crippen LogP contribution in [0.15, 0.2) is 28.8 Å². The Labute approximate surface area is 123 Å². The molecule has 2 heterocycles. The van der Waals surface area contributed by atoms with Crippen LogP contribution < -0.4 is 5.32 Å². The molecule has 0 bridgehead atoms.